The molecule has 2 aromatic carbocycles. The minimum absolute atomic E-state index is 0.0119. The number of benzene rings is 2. The first-order valence-corrected chi connectivity index (χ1v) is 10.7. The molecule has 3 aromatic rings. The van der Waals surface area contributed by atoms with Crippen LogP contribution in [0.3, 0.4) is 0 Å². The highest BCUT2D eigenvalue weighted by molar-refractivity contribution is 7.14. The van der Waals surface area contributed by atoms with Crippen molar-refractivity contribution in [2.45, 2.75) is 19.8 Å². The topological polar surface area (TPSA) is 42.0 Å². The summed E-state index contributed by atoms with van der Waals surface area (Å²) in [7, 11) is 0. The van der Waals surface area contributed by atoms with Gasteiger partial charge in [-0.3, -0.25) is 4.79 Å². The van der Waals surface area contributed by atoms with E-state index < -0.39 is 0 Å². The van der Waals surface area contributed by atoms with Gasteiger partial charge < -0.3 is 5.32 Å². The molecule has 0 aliphatic heterocycles. The smallest absolute Gasteiger partial charge is 0.226 e. The number of amides is 1. The summed E-state index contributed by atoms with van der Waals surface area (Å²) in [6.07, 6.45) is 7.97. The van der Waals surface area contributed by atoms with Crippen molar-refractivity contribution in [3.8, 4) is 0 Å². The molecule has 3 atom stereocenters. The van der Waals surface area contributed by atoms with E-state index in [1.165, 1.54) is 33.2 Å². The SMILES string of the molecule is CC1C2C=CC(c3csc(NC(=O)CCc4cccc5ccccc45)n3)=CC12. The van der Waals surface area contributed by atoms with Crippen molar-refractivity contribution >= 4 is 38.7 Å². The third kappa shape index (κ3) is 3.29. The molecular formula is C24H22N2OS. The normalized spacial score (nSPS) is 22.6. The number of allylic oxidation sites excluding steroid dienone is 4. The summed E-state index contributed by atoms with van der Waals surface area (Å²) in [6.45, 7) is 2.29. The van der Waals surface area contributed by atoms with Crippen LogP contribution in [0.25, 0.3) is 16.3 Å². The van der Waals surface area contributed by atoms with E-state index in [1.807, 2.05) is 17.5 Å². The number of hydrogen-bond donors (Lipinski definition) is 1. The molecule has 3 unspecified atom stereocenters. The molecular weight excluding hydrogens is 364 g/mol. The summed E-state index contributed by atoms with van der Waals surface area (Å²) in [5.74, 6) is 2.15. The van der Waals surface area contributed by atoms with Crippen LogP contribution in [-0.2, 0) is 11.2 Å². The molecule has 2 aliphatic carbocycles. The van der Waals surface area contributed by atoms with Gasteiger partial charge >= 0.3 is 0 Å². The molecule has 2 aliphatic rings. The molecule has 0 radical (unpaired) electrons. The van der Waals surface area contributed by atoms with Crippen molar-refractivity contribution in [1.82, 2.24) is 4.98 Å². The van der Waals surface area contributed by atoms with Gasteiger partial charge in [0.2, 0.25) is 5.91 Å². The first-order valence-electron chi connectivity index (χ1n) is 9.81. The van der Waals surface area contributed by atoms with Crippen molar-refractivity contribution < 1.29 is 4.79 Å². The van der Waals surface area contributed by atoms with Crippen molar-refractivity contribution in [1.29, 1.82) is 0 Å². The number of rotatable bonds is 5. The first-order chi connectivity index (χ1) is 13.7. The molecule has 0 spiro atoms. The maximum atomic E-state index is 12.4. The molecule has 28 heavy (non-hydrogen) atoms. The van der Waals surface area contributed by atoms with E-state index in [9.17, 15) is 4.79 Å². The molecule has 1 aromatic heterocycles. The molecule has 0 bridgehead atoms. The molecule has 5 rings (SSSR count). The Bertz CT molecular complexity index is 1110. The second kappa shape index (κ2) is 7.02. The number of hydrogen-bond acceptors (Lipinski definition) is 3. The zero-order valence-corrected chi connectivity index (χ0v) is 16.6. The molecule has 1 fully saturated rings. The summed E-state index contributed by atoms with van der Waals surface area (Å²) in [6, 6.07) is 14.6. The van der Waals surface area contributed by atoms with E-state index in [0.29, 0.717) is 17.5 Å². The van der Waals surface area contributed by atoms with Gasteiger partial charge in [-0.05, 0) is 46.1 Å². The van der Waals surface area contributed by atoms with Crippen LogP contribution < -0.4 is 5.32 Å². The predicted octanol–water partition coefficient (Wildman–Crippen LogP) is 5.70. The summed E-state index contributed by atoms with van der Waals surface area (Å²) < 4.78 is 0. The second-order valence-corrected chi connectivity index (χ2v) is 8.58. The predicted molar refractivity (Wildman–Crippen MR) is 116 cm³/mol. The number of thiazole rings is 1. The number of carbonyl (C=O) groups excluding carboxylic acids is 1. The Hall–Kier alpha value is -2.72. The molecule has 1 saturated carbocycles. The highest BCUT2D eigenvalue weighted by atomic mass is 32.1. The van der Waals surface area contributed by atoms with Gasteiger partial charge in [0.15, 0.2) is 5.13 Å². The number of aryl methyl sites for hydroxylation is 1. The quantitative estimate of drug-likeness (QED) is 0.611. The van der Waals surface area contributed by atoms with Crippen LogP contribution in [0.4, 0.5) is 5.13 Å². The van der Waals surface area contributed by atoms with Gasteiger partial charge in [-0.25, -0.2) is 4.98 Å². The van der Waals surface area contributed by atoms with Crippen LogP contribution in [0, 0.1) is 17.8 Å². The van der Waals surface area contributed by atoms with Gasteiger partial charge in [0.1, 0.15) is 0 Å². The Kier molecular flexibility index (Phi) is 4.36. The number of aromatic nitrogens is 1. The highest BCUT2D eigenvalue weighted by Crippen LogP contribution is 2.51. The van der Waals surface area contributed by atoms with Gasteiger partial charge in [0, 0.05) is 11.8 Å². The van der Waals surface area contributed by atoms with Crippen LogP contribution in [0.1, 0.15) is 24.6 Å². The first kappa shape index (κ1) is 17.4. The Morgan fingerprint density at radius 3 is 2.89 bits per heavy atom. The van der Waals surface area contributed by atoms with E-state index in [0.717, 1.165) is 24.0 Å². The summed E-state index contributed by atoms with van der Waals surface area (Å²) in [5.41, 5.74) is 3.35. The van der Waals surface area contributed by atoms with Gasteiger partial charge in [-0.1, -0.05) is 67.6 Å². The van der Waals surface area contributed by atoms with E-state index in [-0.39, 0.29) is 5.91 Å². The second-order valence-electron chi connectivity index (χ2n) is 7.72. The molecule has 140 valence electrons. The van der Waals surface area contributed by atoms with Gasteiger partial charge in [0.25, 0.3) is 0 Å². The van der Waals surface area contributed by atoms with Gasteiger partial charge in [-0.15, -0.1) is 11.3 Å². The number of carbonyl (C=O) groups is 1. The lowest BCUT2D eigenvalue weighted by atomic mass is 10.0. The zero-order chi connectivity index (χ0) is 19.1. The third-order valence-electron chi connectivity index (χ3n) is 5.94. The molecule has 1 heterocycles. The molecule has 4 heteroatoms. The van der Waals surface area contributed by atoms with Crippen LogP contribution in [-0.4, -0.2) is 10.9 Å². The third-order valence-corrected chi connectivity index (χ3v) is 6.69. The largest absolute Gasteiger partial charge is 0.302 e. The molecule has 1 N–H and O–H groups in total. The van der Waals surface area contributed by atoms with Crippen molar-refractivity contribution in [2.75, 3.05) is 5.32 Å². The molecule has 3 nitrogen and oxygen atoms in total. The van der Waals surface area contributed by atoms with Gasteiger partial charge in [0.05, 0.1) is 5.69 Å². The molecule has 1 amide bonds. The number of nitrogens with zero attached hydrogens (tertiary/aromatic N) is 1. The summed E-state index contributed by atoms with van der Waals surface area (Å²) in [4.78, 5) is 17.1. The van der Waals surface area contributed by atoms with E-state index in [1.54, 1.807) is 0 Å². The number of fused-ring (bicyclic) bond motifs is 2. The Morgan fingerprint density at radius 2 is 2.00 bits per heavy atom. The average molecular weight is 387 g/mol. The monoisotopic (exact) mass is 386 g/mol. The number of anilines is 1. The standard InChI is InChI=1S/C24H22N2OS/c1-15-19-11-9-18(13-21(15)19)22-14-28-24(25-22)26-23(27)12-10-17-7-4-6-16-5-2-3-8-20(16)17/h2-9,11,13-15,19,21H,10,12H2,1H3,(H,25,26,27). The Morgan fingerprint density at radius 1 is 1.14 bits per heavy atom. The van der Waals surface area contributed by atoms with Gasteiger partial charge in [-0.2, -0.15) is 0 Å². The maximum absolute atomic E-state index is 12.4. The van der Waals surface area contributed by atoms with E-state index in [4.69, 9.17) is 0 Å². The van der Waals surface area contributed by atoms with E-state index >= 15 is 0 Å². The lowest BCUT2D eigenvalue weighted by molar-refractivity contribution is -0.116. The zero-order valence-electron chi connectivity index (χ0n) is 15.8. The Labute approximate surface area is 168 Å². The van der Waals surface area contributed by atoms with Crippen LogP contribution in [0.2, 0.25) is 0 Å². The maximum Gasteiger partial charge on any atom is 0.226 e. The highest BCUT2D eigenvalue weighted by Gasteiger charge is 2.44. The van der Waals surface area contributed by atoms with Crippen LogP contribution >= 0.6 is 11.3 Å². The van der Waals surface area contributed by atoms with Crippen LogP contribution in [0.15, 0.2) is 66.1 Å². The minimum Gasteiger partial charge on any atom is -0.302 e. The van der Waals surface area contributed by atoms with Crippen molar-refractivity contribution in [3.63, 3.8) is 0 Å². The summed E-state index contributed by atoms with van der Waals surface area (Å²) >= 11 is 1.49. The lowest BCUT2D eigenvalue weighted by Gasteiger charge is -2.06. The molecule has 0 saturated heterocycles. The minimum atomic E-state index is 0.0119. The number of nitrogens with one attached hydrogen (secondary N) is 1. The van der Waals surface area contributed by atoms with Crippen LogP contribution in [0.5, 0.6) is 0 Å². The van der Waals surface area contributed by atoms with Crippen molar-refractivity contribution in [2.24, 2.45) is 17.8 Å². The Balaban J connectivity index is 1.22. The lowest BCUT2D eigenvalue weighted by Crippen LogP contribution is -2.12. The average Bonchev–Trinajstić information content (AvgIpc) is 3.14. The summed E-state index contributed by atoms with van der Waals surface area (Å²) in [5, 5.41) is 8.11. The van der Waals surface area contributed by atoms with Crippen molar-refractivity contribution in [3.05, 3.63) is 77.3 Å². The fourth-order valence-electron chi connectivity index (χ4n) is 4.14. The fourth-order valence-corrected chi connectivity index (χ4v) is 4.88. The van der Waals surface area contributed by atoms with E-state index in [2.05, 4.69) is 65.8 Å². The fraction of sp³-hybridized carbons (Fsp3) is 0.250.